The number of phenols is 1. The first-order valence-corrected chi connectivity index (χ1v) is 35.7. The van der Waals surface area contributed by atoms with Gasteiger partial charge in [-0.15, -0.1) is 0 Å². The zero-order valence-corrected chi connectivity index (χ0v) is 55.1. The van der Waals surface area contributed by atoms with E-state index in [0.717, 1.165) is 155 Å². The molecule has 4 aromatic carbocycles. The summed E-state index contributed by atoms with van der Waals surface area (Å²) >= 11 is 0. The lowest BCUT2D eigenvalue weighted by atomic mass is 9.44. The number of aromatic hydroxyl groups is 1. The number of piperidine rings is 1. The van der Waals surface area contributed by atoms with Crippen molar-refractivity contribution < 1.29 is 39.5 Å². The maximum atomic E-state index is 15.6. The van der Waals surface area contributed by atoms with Crippen molar-refractivity contribution in [1.82, 2.24) is 26.6 Å². The van der Waals surface area contributed by atoms with Crippen LogP contribution in [0, 0.1) is 70.0 Å². The van der Waals surface area contributed by atoms with Gasteiger partial charge in [-0.3, -0.25) is 0 Å². The lowest BCUT2D eigenvalue weighted by Gasteiger charge is -2.56. The summed E-state index contributed by atoms with van der Waals surface area (Å²) in [5, 5.41) is 66.8. The number of carbonyl (C=O) groups excluding carboxylic acids is 2. The van der Waals surface area contributed by atoms with Gasteiger partial charge in [-0.05, 0) is 258 Å². The molecule has 2 saturated heterocycles. The van der Waals surface area contributed by atoms with Crippen molar-refractivity contribution in [1.29, 1.82) is 0 Å². The standard InChI is InChI=1S/C80H99N5O8/c1-4-32-82-48-54-37-51-24-33-83-47-53-15-11-16-55(39-53)61-19-18-60(87)44-65(61)70-62-22-31-80(68(93-76(89)73(70)80)41-52(26-35-86)36-50-13-7-5-8-14-50)72-63(62)20-21-64-67(92-75(88)71(64)72)23-30-78(58-25-34-84-69(43-58)81-3)45-57-42-59(79(91)28-9-6-10-29-79)17-12-27-77(2,90)49-85-74(66(57)46-78)56(38-51)40-54/h5,7-8,11,13-16,18-19,23,37-41,44,52,57-59,62-63,66,69,72,74,81-87,90-91H,4,6,9-10,20-22,24-36,42-43,45-49H2,1-3H3. The number of allylic oxidation sites excluding steroid dienone is 5. The van der Waals surface area contributed by atoms with Crippen LogP contribution >= 0.6 is 0 Å². The van der Waals surface area contributed by atoms with E-state index < -0.39 is 28.5 Å². The van der Waals surface area contributed by atoms with Crippen LogP contribution in [0.2, 0.25) is 0 Å². The Bertz CT molecular complexity index is 3660. The van der Waals surface area contributed by atoms with Gasteiger partial charge in [0.2, 0.25) is 0 Å². The van der Waals surface area contributed by atoms with Gasteiger partial charge < -0.3 is 56.5 Å². The first kappa shape index (κ1) is 64.2. The number of hydrogen-bond donors (Lipinski definition) is 9. The average molecular weight is 1260 g/mol. The molecule has 5 fully saturated rings. The van der Waals surface area contributed by atoms with Gasteiger partial charge in [-0.25, -0.2) is 9.59 Å². The van der Waals surface area contributed by atoms with Crippen molar-refractivity contribution in [3.63, 3.8) is 0 Å². The van der Waals surface area contributed by atoms with E-state index in [2.05, 4.69) is 119 Å². The van der Waals surface area contributed by atoms with E-state index in [0.29, 0.717) is 80.2 Å². The van der Waals surface area contributed by atoms with Crippen LogP contribution in [0.25, 0.3) is 16.7 Å². The van der Waals surface area contributed by atoms with Crippen molar-refractivity contribution in [3.8, 4) is 28.7 Å². The summed E-state index contributed by atoms with van der Waals surface area (Å²) in [6, 6.07) is 31.6. The molecule has 14 bridgehead atoms. The van der Waals surface area contributed by atoms with Crippen LogP contribution in [0.5, 0.6) is 5.75 Å². The molecule has 93 heavy (non-hydrogen) atoms. The second kappa shape index (κ2) is 26.8. The lowest BCUT2D eigenvalue weighted by molar-refractivity contribution is -0.135. The van der Waals surface area contributed by atoms with Crippen molar-refractivity contribution >= 4 is 17.5 Å². The lowest BCUT2D eigenvalue weighted by Crippen LogP contribution is -2.52. The smallest absolute Gasteiger partial charge is 0.340 e. The summed E-state index contributed by atoms with van der Waals surface area (Å²) in [6.45, 7) is 8.33. The molecular formula is C80H99N5O8. The molecule has 4 aromatic rings. The van der Waals surface area contributed by atoms with Gasteiger partial charge in [-0.1, -0.05) is 111 Å². The van der Waals surface area contributed by atoms with E-state index in [1.165, 1.54) is 16.7 Å². The predicted molar refractivity (Wildman–Crippen MR) is 363 cm³/mol. The minimum atomic E-state index is -1.13. The summed E-state index contributed by atoms with van der Waals surface area (Å²) in [5.41, 5.74) is 8.50. The minimum absolute atomic E-state index is 0.0434. The van der Waals surface area contributed by atoms with E-state index in [4.69, 9.17) is 9.47 Å². The largest absolute Gasteiger partial charge is 0.508 e. The molecule has 13 nitrogen and oxygen atoms in total. The molecule has 13 heteroatoms. The first-order valence-electron chi connectivity index (χ1n) is 35.7. The van der Waals surface area contributed by atoms with Crippen molar-refractivity contribution in [3.05, 3.63) is 165 Å². The number of aliphatic hydroxyl groups is 3. The van der Waals surface area contributed by atoms with Gasteiger partial charge in [0.1, 0.15) is 17.3 Å². The Morgan fingerprint density at radius 1 is 0.817 bits per heavy atom. The van der Waals surface area contributed by atoms with Gasteiger partial charge in [0.25, 0.3) is 0 Å². The molecule has 13 unspecified atom stereocenters. The van der Waals surface area contributed by atoms with E-state index >= 15 is 9.59 Å². The number of β-amino-alcohol motifs (C(OH)–C–C–N with tert-alkyl or cyclic N) is 1. The molecule has 0 amide bonds. The van der Waals surface area contributed by atoms with Crippen molar-refractivity contribution in [2.24, 2.45) is 58.2 Å². The highest BCUT2D eigenvalue weighted by atomic mass is 16.6. The highest BCUT2D eigenvalue weighted by molar-refractivity contribution is 6.07. The number of nitrogens with one attached hydrogen (secondary N) is 5. The van der Waals surface area contributed by atoms with Gasteiger partial charge >= 0.3 is 11.9 Å². The number of cyclic esters (lactones) is 1. The topological polar surface area (TPSA) is 194 Å². The minimum Gasteiger partial charge on any atom is -0.508 e. The number of carbonyl (C=O) groups is 2. The summed E-state index contributed by atoms with van der Waals surface area (Å²) in [4.78, 5) is 31.1. The van der Waals surface area contributed by atoms with Gasteiger partial charge in [0, 0.05) is 61.7 Å². The third-order valence-electron chi connectivity index (χ3n) is 24.2. The molecule has 6 heterocycles. The third-order valence-corrected chi connectivity index (χ3v) is 24.2. The molecule has 6 aliphatic carbocycles. The summed E-state index contributed by atoms with van der Waals surface area (Å²) in [7, 11) is 2.05. The van der Waals surface area contributed by atoms with Crippen LogP contribution in [-0.2, 0) is 45.0 Å². The van der Waals surface area contributed by atoms with Crippen LogP contribution in [0.1, 0.15) is 169 Å². The maximum Gasteiger partial charge on any atom is 0.340 e. The fourth-order valence-corrected chi connectivity index (χ4v) is 19.9. The van der Waals surface area contributed by atoms with E-state index in [1.54, 1.807) is 6.07 Å². The van der Waals surface area contributed by atoms with Gasteiger partial charge in [0.05, 0.1) is 28.4 Å². The number of fused-ring (bicyclic) bond motifs is 5. The summed E-state index contributed by atoms with van der Waals surface area (Å²) in [6.07, 6.45) is 20.3. The third kappa shape index (κ3) is 12.5. The van der Waals surface area contributed by atoms with Crippen molar-refractivity contribution in [2.75, 3.05) is 39.8 Å². The maximum absolute atomic E-state index is 15.6. The molecule has 13 atom stereocenters. The second-order valence-corrected chi connectivity index (χ2v) is 30.2. The Kier molecular flexibility index (Phi) is 18.5. The molecule has 1 spiro atoms. The second-order valence-electron chi connectivity index (χ2n) is 30.2. The van der Waals surface area contributed by atoms with Crippen LogP contribution < -0.4 is 26.6 Å². The SMILES string of the molecule is CCCNCc1cc2cc(c1)C1NCC(C)(O)CC#CC(C3(O)CCCCC3)CC3CC(C4CCNC(NC)C4)(CC=C4OC(=O)C5=C4CCC4C6CCC7(C(=CC(CCO)Cc8ccccc8)OC(=O)C7=C6c6cc(O)ccc6-c6cccc(c6)CNCC2)C54)CC31. The van der Waals surface area contributed by atoms with Crippen molar-refractivity contribution in [2.45, 2.75) is 179 Å². The first-order chi connectivity index (χ1) is 45.2. The average Bonchev–Trinajstić information content (AvgIpc) is 1.58. The van der Waals surface area contributed by atoms with E-state index in [9.17, 15) is 20.4 Å². The van der Waals surface area contributed by atoms with Crippen LogP contribution in [0.4, 0.5) is 0 Å². The van der Waals surface area contributed by atoms with Gasteiger partial charge in [-0.2, -0.15) is 0 Å². The molecule has 3 saturated carbocycles. The number of aliphatic hydroxyl groups excluding tert-OH is 1. The zero-order valence-electron chi connectivity index (χ0n) is 55.1. The number of hydrogen-bond acceptors (Lipinski definition) is 13. The Labute approximate surface area is 551 Å². The Balaban J connectivity index is 0.960. The predicted octanol–water partition coefficient (Wildman–Crippen LogP) is 12.0. The monoisotopic (exact) mass is 1260 g/mol. The molecule has 16 rings (SSSR count). The van der Waals surface area contributed by atoms with Crippen LogP contribution in [0.15, 0.2) is 131 Å². The fourth-order valence-electron chi connectivity index (χ4n) is 19.9. The summed E-state index contributed by atoms with van der Waals surface area (Å²) in [5.74, 6) is 7.36. The van der Waals surface area contributed by atoms with Crippen LogP contribution in [-0.4, -0.2) is 89.6 Å². The molecule has 0 radical (unpaired) electrons. The Hall–Kier alpha value is -6.18. The Morgan fingerprint density at radius 2 is 1.68 bits per heavy atom. The Morgan fingerprint density at radius 3 is 2.51 bits per heavy atom. The molecule has 0 aromatic heterocycles. The number of ether oxygens (including phenoxy) is 2. The highest BCUT2D eigenvalue weighted by Crippen LogP contribution is 2.72. The number of rotatable bonds is 12. The molecule has 492 valence electrons. The zero-order chi connectivity index (χ0) is 64.1. The number of esters is 2. The molecule has 6 aliphatic heterocycles. The quantitative estimate of drug-likeness (QED) is 0.0370. The summed E-state index contributed by atoms with van der Waals surface area (Å²) < 4.78 is 13.6. The molecule has 12 aliphatic rings. The fraction of sp³-hybridized carbons (Fsp3) is 0.550. The van der Waals surface area contributed by atoms with Crippen LogP contribution in [0.3, 0.4) is 0 Å². The van der Waals surface area contributed by atoms with Gasteiger partial charge in [0.15, 0.2) is 0 Å². The molecule has 9 N–H and O–H groups in total. The normalized spacial score (nSPS) is 33.1. The molecular weight excluding hydrogens is 1160 g/mol. The highest BCUT2D eigenvalue weighted by Gasteiger charge is 2.69. The number of phenolic OH excluding ortho intramolecular Hbond substituents is 1. The van der Waals surface area contributed by atoms with E-state index in [1.807, 2.05) is 37.3 Å². The number of benzene rings is 4. The van der Waals surface area contributed by atoms with E-state index in [-0.39, 0.29) is 71.5 Å².